The Bertz CT molecular complexity index is 5040. The molecule has 29 heteroatoms. The van der Waals surface area contributed by atoms with Crippen LogP contribution < -0.4 is 4.74 Å². The van der Waals surface area contributed by atoms with Gasteiger partial charge in [0.05, 0.1) is 32.0 Å². The van der Waals surface area contributed by atoms with E-state index in [-0.39, 0.29) is 77.9 Å². The Hall–Kier alpha value is 2.94. The van der Waals surface area contributed by atoms with E-state index >= 15 is 0 Å². The van der Waals surface area contributed by atoms with E-state index in [9.17, 15) is 61.5 Å². The van der Waals surface area contributed by atoms with Gasteiger partial charge in [0.25, 0.3) is 0 Å². The van der Waals surface area contributed by atoms with Gasteiger partial charge in [0.15, 0.2) is 81.4 Å². The number of rotatable bonds is 17. The number of ether oxygens (including phenoxy) is 3. The third kappa shape index (κ3) is 50.6. The molecule has 0 heterocycles. The monoisotopic (exact) mass is 2100 g/mol. The molecule has 5 fully saturated rings. The Kier molecular flexibility index (Phi) is 86.1. The number of hydrogen-bond acceptors (Lipinski definition) is 3. The van der Waals surface area contributed by atoms with Gasteiger partial charge in [-0.25, -0.2) is 57.1 Å². The number of hydrogen-bond donors (Lipinski definition) is 0. The standard InChI is InChI=1S/C22H32F2O2.C20H16F2.C20H22F2.C15H20F2O.C14H18F2.C10H12F2.C9H10F2.4CH4.12Na/c1-15-3-9-19(10-4-15)25-13-17-7-8-18(22(24)21(17)23)14-26-20-11-5-16(2)6-12-20;1-13-3-7-15(8-4-13)17-11-12-18(20(22)19(17)21)16-9-5-14(2)6-10-16;1-13-3-6-15(7-4-13)16-8-10-17(11-9-16)18-12-5-14(2)19(21)20(18)22;1-10-3-6-12(7-4-10)9-18-13-8-5-11(2)14(16)15(13)17;1-9-3-6-11(7-4-9)12-8-5-10(2)13(15)14(12)16;1-3-4-8-6-5-7(2)9(11)10(8)12;1-3-7-5-4-6(2)8(10)9(7)11;;;;;;;;;;;;;;;;/h7-8,15-16,19-20H,3-6,9-14H2,1-2H3;3-12H,1-2H3;5,8-13,15H,3-4,6-7H2,1-2H3;5,8,10,12H,3-4,6-7,9H2,1-2H3;5,8-9,11H,3-4,6-7H2,1-2H3;5-6H,3-4H2,1-2H3;4-5H,3H2,1-2H3;4*1H4;;;;;;;;;;;;. The number of aryl methyl sites for hydroxylation is 9. The van der Waals surface area contributed by atoms with Crippen molar-refractivity contribution < 1.29 is 75.7 Å². The van der Waals surface area contributed by atoms with Gasteiger partial charge in [0.1, 0.15) is 0 Å². The summed E-state index contributed by atoms with van der Waals surface area (Å²) < 4.78 is 208. The first-order valence-electron chi connectivity index (χ1n) is 51.9. The molecule has 0 bridgehead atoms. The Balaban J connectivity index is 0. The summed E-state index contributed by atoms with van der Waals surface area (Å²) in [5.74, 6) is -5.26. The maximum atomic E-state index is 14.4. The first kappa shape index (κ1) is 148. The van der Waals surface area contributed by atoms with Gasteiger partial charge >= 0.3 is 262 Å². The minimum atomic E-state index is -0.862. The molecule has 0 unspecified atom stereocenters. The summed E-state index contributed by atoms with van der Waals surface area (Å²) in [6.07, 6.45) is 24.9. The Morgan fingerprint density at radius 2 is 0.531 bits per heavy atom. The second-order valence-corrected chi connectivity index (χ2v) is 36.5. The van der Waals surface area contributed by atoms with Crippen molar-refractivity contribution in [3.05, 3.63) is 311 Å². The van der Waals surface area contributed by atoms with Gasteiger partial charge in [-0.05, 0) is 271 Å². The summed E-state index contributed by atoms with van der Waals surface area (Å²) in [4.78, 5) is 0. The van der Waals surface area contributed by atoms with E-state index in [4.69, 9.17) is 14.2 Å². The van der Waals surface area contributed by atoms with Crippen LogP contribution in [-0.4, -0.2) is 281 Å². The van der Waals surface area contributed by atoms with Gasteiger partial charge in [-0.3, -0.25) is 0 Å². The third-order valence-electron chi connectivity index (χ3n) is 26.1. The number of benzene rings is 10. The SMILES string of the molecule is C.C.C.C.CC1CCC(OCc2ccc(COC3CCC(C)CC3)c(F)c2F)CC1.CCCc1ccc(C)c(F)c1F.CCc1ccc(C)c(F)c1F.Cc1ccc(-c2ccc(-c3ccc(C)cc3)c(F)c2F)cc1.Cc1ccc(-c2ccc(C3CCC(C)CC3)cc2)c(F)c1F.Cc1ccc(C2CCC(C)CC2)c(F)c1F.Cc1ccc(OCC2CCC(C)CC2)c(F)c1F.[Na][Na].[Na][Na].[Na][Na].[Na][Na].[Na][Na].[Na][Na]. The fraction of sp³-hybridized carbons (Fsp3) is 0.474. The molecule has 10 aromatic carbocycles. The van der Waals surface area contributed by atoms with Gasteiger partial charge in [0.2, 0.25) is 5.82 Å². The van der Waals surface area contributed by atoms with E-state index in [1.165, 1.54) is 312 Å². The van der Waals surface area contributed by atoms with Crippen LogP contribution in [0.15, 0.2) is 158 Å². The molecule has 0 aromatic heterocycles. The molecule has 0 aliphatic heterocycles. The Morgan fingerprint density at radius 3 is 0.902 bits per heavy atom. The van der Waals surface area contributed by atoms with Gasteiger partial charge < -0.3 is 14.2 Å². The summed E-state index contributed by atoms with van der Waals surface area (Å²) in [5.41, 5.74) is 10.4. The summed E-state index contributed by atoms with van der Waals surface area (Å²) in [6.45, 7) is 27.6. The molecule has 15 rings (SSSR count). The fourth-order valence-electron chi connectivity index (χ4n) is 17.0. The van der Waals surface area contributed by atoms with Crippen molar-refractivity contribution in [1.29, 1.82) is 0 Å². The molecule has 730 valence electrons. The molecule has 0 spiro atoms. The van der Waals surface area contributed by atoms with Crippen LogP contribution in [0.4, 0.5) is 61.5 Å². The van der Waals surface area contributed by atoms with Crippen molar-refractivity contribution in [2.45, 2.75) is 312 Å². The van der Waals surface area contributed by atoms with Gasteiger partial charge in [-0.1, -0.05) is 286 Å². The Morgan fingerprint density at radius 1 is 0.259 bits per heavy atom. The molecule has 0 radical (unpaired) electrons. The summed E-state index contributed by atoms with van der Waals surface area (Å²) in [5, 5.41) is 0. The fourth-order valence-corrected chi connectivity index (χ4v) is 17.0. The molecule has 0 N–H and O–H groups in total. The molecule has 5 saturated carbocycles. The third-order valence-corrected chi connectivity index (χ3v) is 26.1. The van der Waals surface area contributed by atoms with Crippen LogP contribution in [0.2, 0.25) is 0 Å². The molecular formula is C114H146F14Na12O3. The van der Waals surface area contributed by atoms with Crippen LogP contribution in [0.25, 0.3) is 33.4 Å². The average Bonchev–Trinajstić information content (AvgIpc) is 0.748. The minimum absolute atomic E-state index is 0. The van der Waals surface area contributed by atoms with Crippen molar-refractivity contribution >= 4 is 262 Å². The molecular weight excluding hydrogens is 1960 g/mol. The van der Waals surface area contributed by atoms with Crippen molar-refractivity contribution in [3.63, 3.8) is 0 Å². The van der Waals surface area contributed by atoms with Crippen LogP contribution >= 0.6 is 0 Å². The quantitative estimate of drug-likeness (QED) is 0.0672. The zero-order valence-electron chi connectivity index (χ0n) is 88.7. The van der Waals surface area contributed by atoms with Gasteiger partial charge in [-0.2, -0.15) is 4.39 Å². The molecule has 0 saturated heterocycles. The predicted molar refractivity (Wildman–Crippen MR) is 583 cm³/mol. The van der Waals surface area contributed by atoms with Gasteiger partial charge in [0, 0.05) is 27.8 Å². The topological polar surface area (TPSA) is 27.7 Å². The van der Waals surface area contributed by atoms with Crippen molar-refractivity contribution in [2.75, 3.05) is 6.61 Å². The second kappa shape index (κ2) is 83.2. The van der Waals surface area contributed by atoms with Crippen LogP contribution in [0.3, 0.4) is 0 Å². The van der Waals surface area contributed by atoms with Gasteiger partial charge in [-0.15, -0.1) is 0 Å². The zero-order valence-corrected chi connectivity index (χ0v) is 113. The number of halogens is 14. The molecule has 5 aliphatic rings. The van der Waals surface area contributed by atoms with Crippen LogP contribution in [-0.2, 0) is 35.5 Å². The van der Waals surface area contributed by atoms with E-state index in [0.29, 0.717) is 104 Å². The Labute approximate surface area is 1020 Å². The predicted octanol–water partition coefficient (Wildman–Crippen LogP) is 31.4. The summed E-state index contributed by atoms with van der Waals surface area (Å²) in [6, 6.07) is 45.6. The molecule has 3 nitrogen and oxygen atoms in total. The van der Waals surface area contributed by atoms with Crippen LogP contribution in [0.5, 0.6) is 5.75 Å². The van der Waals surface area contributed by atoms with E-state index < -0.39 is 81.4 Å². The van der Waals surface area contributed by atoms with Crippen molar-refractivity contribution in [2.24, 2.45) is 35.5 Å². The van der Waals surface area contributed by atoms with E-state index in [1.807, 2.05) is 57.2 Å². The molecule has 0 amide bonds. The first-order chi connectivity index (χ1) is 66.6. The summed E-state index contributed by atoms with van der Waals surface area (Å²) in [7, 11) is 0. The maximum absolute atomic E-state index is 14.4. The zero-order chi connectivity index (χ0) is 104. The van der Waals surface area contributed by atoms with E-state index in [2.05, 4.69) is 46.8 Å². The molecule has 10 aromatic rings. The summed E-state index contributed by atoms with van der Waals surface area (Å²) >= 11 is 17.3. The van der Waals surface area contributed by atoms with E-state index in [0.717, 1.165) is 143 Å². The van der Waals surface area contributed by atoms with Crippen LogP contribution in [0.1, 0.15) is 297 Å². The van der Waals surface area contributed by atoms with Crippen LogP contribution in [0, 0.1) is 165 Å². The second-order valence-electron chi connectivity index (χ2n) is 36.5. The first-order valence-corrected chi connectivity index (χ1v) is 99.9. The molecule has 143 heavy (non-hydrogen) atoms. The normalized spacial score (nSPS) is 18.3. The van der Waals surface area contributed by atoms with Crippen molar-refractivity contribution in [1.82, 2.24) is 0 Å². The van der Waals surface area contributed by atoms with Crippen molar-refractivity contribution in [3.8, 4) is 39.1 Å². The molecule has 5 aliphatic carbocycles. The van der Waals surface area contributed by atoms with E-state index in [1.54, 1.807) is 145 Å². The average molecular weight is 2110 g/mol. The molecule has 0 atom stereocenters.